The molecule has 1 fully saturated rings. The Balaban J connectivity index is 2.20. The molecule has 0 spiro atoms. The molecule has 2 N–H and O–H groups in total. The van der Waals surface area contributed by atoms with Crippen molar-refractivity contribution in [1.82, 2.24) is 15.1 Å². The summed E-state index contributed by atoms with van der Waals surface area (Å²) >= 11 is 0. The molecule has 1 aliphatic rings. The zero-order chi connectivity index (χ0) is 13.8. The molecular weight excluding hydrogens is 250 g/mol. The van der Waals surface area contributed by atoms with Crippen LogP contribution in [0.15, 0.2) is 12.4 Å². The summed E-state index contributed by atoms with van der Waals surface area (Å²) in [5, 5.41) is 15.5. The van der Waals surface area contributed by atoms with E-state index in [2.05, 4.69) is 10.2 Å². The van der Waals surface area contributed by atoms with Gasteiger partial charge < -0.3 is 14.7 Å². The van der Waals surface area contributed by atoms with Crippen LogP contribution in [0.1, 0.15) is 23.7 Å². The first-order chi connectivity index (χ1) is 9.15. The number of carboxylic acid groups (broad SMARTS) is 1. The molecule has 7 nitrogen and oxygen atoms in total. The van der Waals surface area contributed by atoms with E-state index in [1.165, 1.54) is 12.4 Å². The van der Waals surface area contributed by atoms with Gasteiger partial charge in [0.15, 0.2) is 0 Å². The molecule has 2 rings (SSSR count). The number of carbonyl (C=O) groups excluding carboxylic acids is 1. The van der Waals surface area contributed by atoms with Gasteiger partial charge >= 0.3 is 5.97 Å². The summed E-state index contributed by atoms with van der Waals surface area (Å²) in [5.41, 5.74) is 0.435. The van der Waals surface area contributed by atoms with E-state index in [-0.39, 0.29) is 19.1 Å². The second kappa shape index (κ2) is 5.83. The first-order valence-corrected chi connectivity index (χ1v) is 6.25. The van der Waals surface area contributed by atoms with Crippen molar-refractivity contribution in [3.63, 3.8) is 0 Å². The Labute approximate surface area is 110 Å². The van der Waals surface area contributed by atoms with Gasteiger partial charge in [-0.3, -0.25) is 14.7 Å². The van der Waals surface area contributed by atoms with Crippen LogP contribution in [0.2, 0.25) is 0 Å². The van der Waals surface area contributed by atoms with Crippen LogP contribution in [0, 0.1) is 5.92 Å². The lowest BCUT2D eigenvalue weighted by Gasteiger charge is -2.29. The molecule has 1 aromatic heterocycles. The van der Waals surface area contributed by atoms with E-state index in [0.717, 1.165) is 6.42 Å². The Bertz CT molecular complexity index is 446. The highest BCUT2D eigenvalue weighted by Crippen LogP contribution is 2.22. The first kappa shape index (κ1) is 13.5. The zero-order valence-electron chi connectivity index (χ0n) is 10.7. The fourth-order valence-electron chi connectivity index (χ4n) is 2.28. The van der Waals surface area contributed by atoms with Crippen LogP contribution in [0.25, 0.3) is 0 Å². The Morgan fingerprint density at radius 3 is 2.95 bits per heavy atom. The van der Waals surface area contributed by atoms with E-state index < -0.39 is 17.9 Å². The van der Waals surface area contributed by atoms with Crippen molar-refractivity contribution in [1.29, 1.82) is 0 Å². The second-order valence-electron chi connectivity index (χ2n) is 4.54. The number of nitrogens with one attached hydrogen (secondary N) is 1. The fraction of sp³-hybridized carbons (Fsp3) is 0.583. The van der Waals surface area contributed by atoms with Crippen LogP contribution in [0.5, 0.6) is 0 Å². The number of nitrogens with zero attached hydrogens (tertiary/aromatic N) is 2. The minimum atomic E-state index is -0.927. The van der Waals surface area contributed by atoms with Crippen molar-refractivity contribution in [2.75, 3.05) is 19.8 Å². The van der Waals surface area contributed by atoms with Crippen molar-refractivity contribution in [3.8, 4) is 0 Å². The third-order valence-electron chi connectivity index (χ3n) is 3.24. The zero-order valence-corrected chi connectivity index (χ0v) is 10.7. The quantitative estimate of drug-likeness (QED) is 0.803. The van der Waals surface area contributed by atoms with Gasteiger partial charge in [0.2, 0.25) is 0 Å². The molecule has 2 unspecified atom stereocenters. The molecule has 2 heterocycles. The maximum atomic E-state index is 12.4. The third kappa shape index (κ3) is 2.76. The van der Waals surface area contributed by atoms with Gasteiger partial charge in [-0.25, -0.2) is 0 Å². The first-order valence-electron chi connectivity index (χ1n) is 6.25. The second-order valence-corrected chi connectivity index (χ2v) is 4.54. The van der Waals surface area contributed by atoms with E-state index in [1.54, 1.807) is 4.90 Å². The lowest BCUT2D eigenvalue weighted by atomic mass is 10.0. The predicted molar refractivity (Wildman–Crippen MR) is 65.6 cm³/mol. The van der Waals surface area contributed by atoms with Gasteiger partial charge in [-0.2, -0.15) is 5.10 Å². The Hall–Kier alpha value is -1.89. The number of hydrogen-bond acceptors (Lipinski definition) is 4. The topological polar surface area (TPSA) is 95.5 Å². The van der Waals surface area contributed by atoms with E-state index in [0.29, 0.717) is 12.1 Å². The Morgan fingerprint density at radius 1 is 1.58 bits per heavy atom. The van der Waals surface area contributed by atoms with Gasteiger partial charge in [0.25, 0.3) is 5.91 Å². The van der Waals surface area contributed by atoms with E-state index in [1.807, 2.05) is 6.92 Å². The maximum Gasteiger partial charge on any atom is 0.311 e. The maximum absolute atomic E-state index is 12.4. The van der Waals surface area contributed by atoms with Crippen molar-refractivity contribution < 1.29 is 19.4 Å². The molecule has 1 aromatic rings. The number of carbonyl (C=O) groups is 2. The Kier molecular flexibility index (Phi) is 4.16. The lowest BCUT2D eigenvalue weighted by Crippen LogP contribution is -2.46. The molecule has 0 aliphatic carbocycles. The molecular formula is C12H17N3O4. The van der Waals surface area contributed by atoms with Crippen molar-refractivity contribution in [2.24, 2.45) is 5.92 Å². The van der Waals surface area contributed by atoms with Gasteiger partial charge in [0.1, 0.15) is 5.92 Å². The Morgan fingerprint density at radius 2 is 2.37 bits per heavy atom. The molecule has 2 atom stereocenters. The number of amides is 1. The summed E-state index contributed by atoms with van der Waals surface area (Å²) in [6.07, 6.45) is 3.71. The normalized spacial score (nSPS) is 22.4. The highest BCUT2D eigenvalue weighted by molar-refractivity contribution is 5.94. The summed E-state index contributed by atoms with van der Waals surface area (Å²) in [4.78, 5) is 25.1. The van der Waals surface area contributed by atoms with Crippen molar-refractivity contribution in [2.45, 2.75) is 19.4 Å². The van der Waals surface area contributed by atoms with Crippen LogP contribution < -0.4 is 0 Å². The van der Waals surface area contributed by atoms with Crippen molar-refractivity contribution in [3.05, 3.63) is 18.0 Å². The smallest absolute Gasteiger partial charge is 0.311 e. The van der Waals surface area contributed by atoms with Crippen LogP contribution in [-0.2, 0) is 9.53 Å². The molecule has 1 saturated heterocycles. The molecule has 0 saturated carbocycles. The van der Waals surface area contributed by atoms with Gasteiger partial charge in [-0.15, -0.1) is 0 Å². The van der Waals surface area contributed by atoms with Gasteiger partial charge in [0.05, 0.1) is 31.0 Å². The molecule has 104 valence electrons. The molecule has 0 bridgehead atoms. The minimum absolute atomic E-state index is 0.152. The number of aromatic nitrogens is 2. The molecule has 19 heavy (non-hydrogen) atoms. The van der Waals surface area contributed by atoms with Crippen LogP contribution in [0.4, 0.5) is 0 Å². The number of carboxylic acids is 1. The van der Waals surface area contributed by atoms with Gasteiger partial charge in [-0.1, -0.05) is 6.92 Å². The summed E-state index contributed by atoms with van der Waals surface area (Å²) in [6, 6.07) is -0.417. The third-order valence-corrected chi connectivity index (χ3v) is 3.24. The van der Waals surface area contributed by atoms with Crippen LogP contribution in [-0.4, -0.2) is 57.9 Å². The van der Waals surface area contributed by atoms with Crippen LogP contribution >= 0.6 is 0 Å². The van der Waals surface area contributed by atoms with Gasteiger partial charge in [-0.05, 0) is 6.42 Å². The molecule has 0 radical (unpaired) electrons. The summed E-state index contributed by atoms with van der Waals surface area (Å²) in [6.45, 7) is 2.86. The molecule has 0 aromatic carbocycles. The average molecular weight is 267 g/mol. The predicted octanol–water partition coefficient (Wildman–Crippen LogP) is 0.361. The summed E-state index contributed by atoms with van der Waals surface area (Å²) in [5.74, 6) is -1.80. The number of rotatable bonds is 5. The van der Waals surface area contributed by atoms with Crippen LogP contribution in [0.3, 0.4) is 0 Å². The van der Waals surface area contributed by atoms with E-state index >= 15 is 0 Å². The van der Waals surface area contributed by atoms with E-state index in [4.69, 9.17) is 4.74 Å². The standard InChI is InChI=1S/C12H17N3O4/c1-2-3-15(11(16)8-4-13-14-5-8)10-7-19-6-9(10)12(17)18/h4-5,9-10H,2-3,6-7H2,1H3,(H,13,14)(H,17,18). The summed E-state index contributed by atoms with van der Waals surface area (Å²) in [7, 11) is 0. The van der Waals surface area contributed by atoms with Gasteiger partial charge in [0, 0.05) is 12.7 Å². The molecule has 1 amide bonds. The van der Waals surface area contributed by atoms with Crippen molar-refractivity contribution >= 4 is 11.9 Å². The number of ether oxygens (including phenoxy) is 1. The number of aromatic amines is 1. The molecule has 1 aliphatic heterocycles. The average Bonchev–Trinajstić information content (AvgIpc) is 3.05. The highest BCUT2D eigenvalue weighted by Gasteiger charge is 2.40. The fourth-order valence-corrected chi connectivity index (χ4v) is 2.28. The SMILES string of the molecule is CCCN(C(=O)c1cn[nH]c1)C1COCC1C(=O)O. The minimum Gasteiger partial charge on any atom is -0.481 e. The molecule has 7 heteroatoms. The highest BCUT2D eigenvalue weighted by atomic mass is 16.5. The lowest BCUT2D eigenvalue weighted by molar-refractivity contribution is -0.142. The largest absolute Gasteiger partial charge is 0.481 e. The number of H-pyrrole nitrogens is 1. The number of hydrogen-bond donors (Lipinski definition) is 2. The van der Waals surface area contributed by atoms with E-state index in [9.17, 15) is 14.7 Å². The summed E-state index contributed by atoms with van der Waals surface area (Å²) < 4.78 is 5.23. The monoisotopic (exact) mass is 267 g/mol. The number of aliphatic carboxylic acids is 1.